The Morgan fingerprint density at radius 3 is 2.61 bits per heavy atom. The molecule has 1 aliphatic heterocycles. The van der Waals surface area contributed by atoms with Gasteiger partial charge in [-0.15, -0.1) is 0 Å². The van der Waals surface area contributed by atoms with E-state index in [4.69, 9.17) is 4.74 Å². The van der Waals surface area contributed by atoms with Gasteiger partial charge in [-0.1, -0.05) is 0 Å². The molecule has 0 spiro atoms. The van der Waals surface area contributed by atoms with E-state index < -0.39 is 0 Å². The first-order valence-electron chi connectivity index (χ1n) is 8.70. The van der Waals surface area contributed by atoms with Crippen molar-refractivity contribution in [2.24, 2.45) is 0 Å². The molecule has 5 nitrogen and oxygen atoms in total. The van der Waals surface area contributed by atoms with E-state index in [2.05, 4.69) is 41.5 Å². The summed E-state index contributed by atoms with van der Waals surface area (Å²) < 4.78 is 5.54. The van der Waals surface area contributed by atoms with Crippen molar-refractivity contribution in [2.45, 2.75) is 39.2 Å². The lowest BCUT2D eigenvalue weighted by Crippen LogP contribution is -2.29. The summed E-state index contributed by atoms with van der Waals surface area (Å²) in [5.41, 5.74) is 2.04. The Morgan fingerprint density at radius 1 is 1.26 bits per heavy atom. The largest absolute Gasteiger partial charge is 0.377 e. The second-order valence-corrected chi connectivity index (χ2v) is 5.86. The fourth-order valence-electron chi connectivity index (χ4n) is 2.84. The van der Waals surface area contributed by atoms with Gasteiger partial charge in [0.15, 0.2) is 0 Å². The van der Waals surface area contributed by atoms with Crippen molar-refractivity contribution < 1.29 is 9.53 Å². The van der Waals surface area contributed by atoms with Crippen molar-refractivity contribution in [3.8, 4) is 0 Å². The summed E-state index contributed by atoms with van der Waals surface area (Å²) in [4.78, 5) is 14.2. The van der Waals surface area contributed by atoms with Gasteiger partial charge in [-0.25, -0.2) is 0 Å². The number of carbonyl (C=O) groups excluding carboxylic acids is 1. The van der Waals surface area contributed by atoms with Gasteiger partial charge >= 0.3 is 0 Å². The van der Waals surface area contributed by atoms with Crippen LogP contribution in [-0.2, 0) is 9.53 Å². The number of nitrogens with one attached hydrogen (secondary N) is 2. The third-order valence-electron chi connectivity index (χ3n) is 4.20. The molecule has 1 unspecified atom stereocenters. The van der Waals surface area contributed by atoms with Gasteiger partial charge in [-0.2, -0.15) is 0 Å². The zero-order valence-corrected chi connectivity index (χ0v) is 14.3. The van der Waals surface area contributed by atoms with Gasteiger partial charge in [0, 0.05) is 50.6 Å². The number of rotatable bonds is 9. The predicted molar refractivity (Wildman–Crippen MR) is 95.1 cm³/mol. The van der Waals surface area contributed by atoms with Crippen molar-refractivity contribution in [3.05, 3.63) is 24.3 Å². The maximum absolute atomic E-state index is 11.9. The summed E-state index contributed by atoms with van der Waals surface area (Å²) >= 11 is 0. The van der Waals surface area contributed by atoms with Crippen molar-refractivity contribution >= 4 is 17.3 Å². The molecular formula is C18H29N3O2. The molecule has 1 saturated heterocycles. The van der Waals surface area contributed by atoms with E-state index in [1.165, 1.54) is 5.69 Å². The van der Waals surface area contributed by atoms with Crippen LogP contribution < -0.4 is 15.5 Å². The average molecular weight is 319 g/mol. The zero-order valence-electron chi connectivity index (χ0n) is 14.3. The summed E-state index contributed by atoms with van der Waals surface area (Å²) in [6.45, 7) is 8.65. The molecule has 0 radical (unpaired) electrons. The average Bonchev–Trinajstić information content (AvgIpc) is 3.08. The normalized spacial score (nSPS) is 17.2. The first-order valence-corrected chi connectivity index (χ1v) is 8.70. The molecule has 0 bridgehead atoms. The van der Waals surface area contributed by atoms with Crippen LogP contribution in [0, 0.1) is 0 Å². The topological polar surface area (TPSA) is 53.6 Å². The number of nitrogens with zero attached hydrogens (tertiary/aromatic N) is 1. The minimum Gasteiger partial charge on any atom is -0.377 e. The van der Waals surface area contributed by atoms with Crippen molar-refractivity contribution in [1.82, 2.24) is 5.32 Å². The molecule has 1 amide bonds. The molecule has 1 fully saturated rings. The van der Waals surface area contributed by atoms with Crippen LogP contribution in [0.2, 0.25) is 0 Å². The highest BCUT2D eigenvalue weighted by atomic mass is 16.5. The molecule has 1 aliphatic rings. The third-order valence-corrected chi connectivity index (χ3v) is 4.20. The number of carbonyl (C=O) groups is 1. The summed E-state index contributed by atoms with van der Waals surface area (Å²) in [6.07, 6.45) is 3.07. The number of hydrogen-bond acceptors (Lipinski definition) is 4. The number of benzene rings is 1. The Labute approximate surface area is 139 Å². The lowest BCUT2D eigenvalue weighted by molar-refractivity contribution is -0.116. The lowest BCUT2D eigenvalue weighted by atomic mass is 10.2. The van der Waals surface area contributed by atoms with E-state index in [1.54, 1.807) is 0 Å². The van der Waals surface area contributed by atoms with Crippen molar-refractivity contribution in [1.29, 1.82) is 0 Å². The molecule has 1 aromatic carbocycles. The maximum atomic E-state index is 11.9. The van der Waals surface area contributed by atoms with E-state index in [0.29, 0.717) is 19.1 Å². The summed E-state index contributed by atoms with van der Waals surface area (Å²) in [5.74, 6) is 0.0421. The smallest absolute Gasteiger partial charge is 0.225 e. The number of anilines is 2. The lowest BCUT2D eigenvalue weighted by Gasteiger charge is -2.21. The van der Waals surface area contributed by atoms with Crippen LogP contribution in [-0.4, -0.2) is 44.8 Å². The monoisotopic (exact) mass is 319 g/mol. The molecule has 5 heteroatoms. The Hall–Kier alpha value is -1.59. The van der Waals surface area contributed by atoms with Crippen LogP contribution in [0.15, 0.2) is 24.3 Å². The van der Waals surface area contributed by atoms with Gasteiger partial charge in [0.1, 0.15) is 0 Å². The third kappa shape index (κ3) is 5.84. The standard InChI is InChI=1S/C18H29N3O2/c1-3-21(4-2)16-9-7-15(8-10-16)20-18(22)11-12-19-14-17-6-5-13-23-17/h7-10,17,19H,3-6,11-14H2,1-2H3,(H,20,22). The Kier molecular flexibility index (Phi) is 7.36. The Morgan fingerprint density at radius 2 is 2.00 bits per heavy atom. The first-order chi connectivity index (χ1) is 11.2. The highest BCUT2D eigenvalue weighted by Crippen LogP contribution is 2.17. The fourth-order valence-corrected chi connectivity index (χ4v) is 2.84. The van der Waals surface area contributed by atoms with Crippen LogP contribution in [0.3, 0.4) is 0 Å². The molecule has 2 rings (SSSR count). The van der Waals surface area contributed by atoms with Crippen LogP contribution in [0.5, 0.6) is 0 Å². The highest BCUT2D eigenvalue weighted by molar-refractivity contribution is 5.91. The predicted octanol–water partition coefficient (Wildman–Crippen LogP) is 2.63. The van der Waals surface area contributed by atoms with Gasteiger partial charge in [0.25, 0.3) is 0 Å². The van der Waals surface area contributed by atoms with Crippen molar-refractivity contribution in [2.75, 3.05) is 43.0 Å². The van der Waals surface area contributed by atoms with E-state index >= 15 is 0 Å². The van der Waals surface area contributed by atoms with Crippen LogP contribution >= 0.6 is 0 Å². The SMILES string of the molecule is CCN(CC)c1ccc(NC(=O)CCNCC2CCCO2)cc1. The molecular weight excluding hydrogens is 290 g/mol. The quantitative estimate of drug-likeness (QED) is 0.687. The molecule has 1 atom stereocenters. The molecule has 0 aromatic heterocycles. The molecule has 128 valence electrons. The van der Waals surface area contributed by atoms with E-state index in [-0.39, 0.29) is 5.91 Å². The van der Waals surface area contributed by atoms with Gasteiger partial charge in [0.05, 0.1) is 6.10 Å². The van der Waals surface area contributed by atoms with E-state index in [0.717, 1.165) is 44.8 Å². The van der Waals surface area contributed by atoms with Crippen LogP contribution in [0.1, 0.15) is 33.1 Å². The zero-order chi connectivity index (χ0) is 16.5. The fraction of sp³-hybridized carbons (Fsp3) is 0.611. The molecule has 0 aliphatic carbocycles. The second-order valence-electron chi connectivity index (χ2n) is 5.86. The van der Waals surface area contributed by atoms with Gasteiger partial charge < -0.3 is 20.3 Å². The molecule has 23 heavy (non-hydrogen) atoms. The Balaban J connectivity index is 1.68. The van der Waals surface area contributed by atoms with Crippen molar-refractivity contribution in [3.63, 3.8) is 0 Å². The summed E-state index contributed by atoms with van der Waals surface area (Å²) in [7, 11) is 0. The van der Waals surface area contributed by atoms with Gasteiger partial charge in [-0.05, 0) is 51.0 Å². The molecule has 1 aromatic rings. The number of ether oxygens (including phenoxy) is 1. The molecule has 1 heterocycles. The first kappa shape index (κ1) is 17.8. The maximum Gasteiger partial charge on any atom is 0.225 e. The van der Waals surface area contributed by atoms with Crippen LogP contribution in [0.4, 0.5) is 11.4 Å². The van der Waals surface area contributed by atoms with E-state index in [9.17, 15) is 4.79 Å². The van der Waals surface area contributed by atoms with E-state index in [1.807, 2.05) is 12.1 Å². The second kappa shape index (κ2) is 9.53. The Bertz CT molecular complexity index is 466. The van der Waals surface area contributed by atoms with Crippen LogP contribution in [0.25, 0.3) is 0 Å². The number of hydrogen-bond donors (Lipinski definition) is 2. The molecule has 0 saturated carbocycles. The van der Waals surface area contributed by atoms with Gasteiger partial charge in [-0.3, -0.25) is 4.79 Å². The number of amides is 1. The summed E-state index contributed by atoms with van der Waals surface area (Å²) in [6, 6.07) is 8.04. The molecule has 2 N–H and O–H groups in total. The minimum absolute atomic E-state index is 0.0421. The highest BCUT2D eigenvalue weighted by Gasteiger charge is 2.14. The minimum atomic E-state index is 0.0421. The summed E-state index contributed by atoms with van der Waals surface area (Å²) in [5, 5.41) is 6.23. The van der Waals surface area contributed by atoms with Gasteiger partial charge in [0.2, 0.25) is 5.91 Å².